The molecule has 0 heterocycles. The Morgan fingerprint density at radius 1 is 0.913 bits per heavy atom. The number of hydrogen-bond acceptors (Lipinski definition) is 4. The third-order valence-electron chi connectivity index (χ3n) is 4.07. The van der Waals surface area contributed by atoms with Crippen LogP contribution >= 0.6 is 0 Å². The van der Waals surface area contributed by atoms with Crippen LogP contribution in [0.5, 0.6) is 0 Å². The van der Waals surface area contributed by atoms with Gasteiger partial charge in [0.15, 0.2) is 6.10 Å². The van der Waals surface area contributed by atoms with Gasteiger partial charge in [-0.1, -0.05) is 70.4 Å². The second-order valence-corrected chi connectivity index (χ2v) is 6.14. The maximum atomic E-state index is 11.2. The molecule has 0 aliphatic heterocycles. The lowest BCUT2D eigenvalue weighted by atomic mass is 10.1. The van der Waals surface area contributed by atoms with Crippen LogP contribution in [0.25, 0.3) is 0 Å². The zero-order valence-electron chi connectivity index (χ0n) is 15.1. The monoisotopic (exact) mass is 328 g/mol. The minimum Gasteiger partial charge on any atom is -0.467 e. The van der Waals surface area contributed by atoms with E-state index in [4.69, 9.17) is 5.26 Å². The van der Waals surface area contributed by atoms with Crippen molar-refractivity contribution in [1.29, 1.82) is 0 Å². The maximum absolute atomic E-state index is 11.2. The van der Waals surface area contributed by atoms with E-state index < -0.39 is 12.1 Å². The van der Waals surface area contributed by atoms with Gasteiger partial charge in [0, 0.05) is 0 Å². The lowest BCUT2D eigenvalue weighted by Crippen LogP contribution is -2.24. The Kier molecular flexibility index (Phi) is 16.8. The average molecular weight is 328 g/mol. The fraction of sp³-hybridized carbons (Fsp3) is 0.842. The highest BCUT2D eigenvalue weighted by Gasteiger charge is 2.19. The van der Waals surface area contributed by atoms with Crippen molar-refractivity contribution >= 4 is 5.97 Å². The largest absolute Gasteiger partial charge is 0.467 e. The Morgan fingerprint density at radius 3 is 1.96 bits per heavy atom. The molecule has 0 aliphatic carbocycles. The van der Waals surface area contributed by atoms with Crippen LogP contribution in [0, 0.1) is 0 Å². The molecule has 0 saturated heterocycles. The van der Waals surface area contributed by atoms with E-state index in [1.165, 1.54) is 58.5 Å². The lowest BCUT2D eigenvalue weighted by molar-refractivity contribution is -0.278. The van der Waals surface area contributed by atoms with Crippen molar-refractivity contribution in [3.05, 3.63) is 12.2 Å². The van der Waals surface area contributed by atoms with Crippen molar-refractivity contribution in [2.24, 2.45) is 0 Å². The molecule has 1 atom stereocenters. The van der Waals surface area contributed by atoms with Gasteiger partial charge in [-0.3, -0.25) is 5.26 Å². The SMILES string of the molecule is CCCCCCCC/C=C\CCCCCCC(OO)C(=O)OC. The van der Waals surface area contributed by atoms with Crippen molar-refractivity contribution in [1.82, 2.24) is 0 Å². The Bertz CT molecular complexity index is 289. The molecule has 0 aromatic carbocycles. The van der Waals surface area contributed by atoms with E-state index >= 15 is 0 Å². The highest BCUT2D eigenvalue weighted by atomic mass is 17.1. The van der Waals surface area contributed by atoms with Gasteiger partial charge in [-0.05, 0) is 32.1 Å². The Morgan fingerprint density at radius 2 is 1.43 bits per heavy atom. The highest BCUT2D eigenvalue weighted by Crippen LogP contribution is 2.11. The number of unbranched alkanes of at least 4 members (excludes halogenated alkanes) is 10. The Balaban J connectivity index is 3.32. The minimum atomic E-state index is -0.836. The maximum Gasteiger partial charge on any atom is 0.338 e. The smallest absolute Gasteiger partial charge is 0.338 e. The Labute approximate surface area is 142 Å². The molecular weight excluding hydrogens is 292 g/mol. The summed E-state index contributed by atoms with van der Waals surface area (Å²) in [6.45, 7) is 2.25. The molecule has 4 nitrogen and oxygen atoms in total. The van der Waals surface area contributed by atoms with E-state index in [2.05, 4.69) is 28.7 Å². The number of esters is 1. The number of carbonyl (C=O) groups is 1. The van der Waals surface area contributed by atoms with Gasteiger partial charge in [-0.2, -0.15) is 0 Å². The molecular formula is C19H36O4. The molecule has 0 saturated carbocycles. The summed E-state index contributed by atoms with van der Waals surface area (Å²) in [6, 6.07) is 0. The van der Waals surface area contributed by atoms with E-state index in [-0.39, 0.29) is 0 Å². The quantitative estimate of drug-likeness (QED) is 0.130. The number of allylic oxidation sites excluding steroid dienone is 2. The van der Waals surface area contributed by atoms with E-state index in [0.29, 0.717) is 6.42 Å². The summed E-state index contributed by atoms with van der Waals surface area (Å²) < 4.78 is 4.54. The summed E-state index contributed by atoms with van der Waals surface area (Å²) in [4.78, 5) is 15.3. The predicted molar refractivity (Wildman–Crippen MR) is 94.4 cm³/mol. The molecule has 1 unspecified atom stereocenters. The second-order valence-electron chi connectivity index (χ2n) is 6.14. The zero-order chi connectivity index (χ0) is 17.2. The third kappa shape index (κ3) is 14.5. The molecule has 0 aliphatic rings. The molecule has 23 heavy (non-hydrogen) atoms. The molecule has 0 amide bonds. The molecule has 0 aromatic rings. The van der Waals surface area contributed by atoms with Gasteiger partial charge in [0.05, 0.1) is 7.11 Å². The summed E-state index contributed by atoms with van der Waals surface area (Å²) in [5.41, 5.74) is 0. The van der Waals surface area contributed by atoms with Crippen LogP contribution in [0.15, 0.2) is 12.2 Å². The molecule has 1 N–H and O–H groups in total. The highest BCUT2D eigenvalue weighted by molar-refractivity contribution is 5.74. The number of carbonyl (C=O) groups excluding carboxylic acids is 1. The molecule has 0 bridgehead atoms. The third-order valence-corrected chi connectivity index (χ3v) is 4.07. The summed E-state index contributed by atoms with van der Waals surface area (Å²) in [7, 11) is 1.30. The van der Waals surface area contributed by atoms with Crippen LogP contribution in [0.3, 0.4) is 0 Å². The first-order valence-electron chi connectivity index (χ1n) is 9.29. The Hall–Kier alpha value is -0.870. The van der Waals surface area contributed by atoms with Crippen LogP contribution in [0.2, 0.25) is 0 Å². The number of hydrogen-bond donors (Lipinski definition) is 1. The first-order valence-corrected chi connectivity index (χ1v) is 9.29. The summed E-state index contributed by atoms with van der Waals surface area (Å²) >= 11 is 0. The zero-order valence-corrected chi connectivity index (χ0v) is 15.1. The van der Waals surface area contributed by atoms with Gasteiger partial charge in [0.25, 0.3) is 0 Å². The molecule has 0 aromatic heterocycles. The van der Waals surface area contributed by atoms with Crippen molar-refractivity contribution in [3.8, 4) is 0 Å². The first kappa shape index (κ1) is 22.1. The van der Waals surface area contributed by atoms with Gasteiger partial charge in [0.1, 0.15) is 0 Å². The minimum absolute atomic E-state index is 0.509. The van der Waals surface area contributed by atoms with Gasteiger partial charge in [0.2, 0.25) is 0 Å². The molecule has 0 fully saturated rings. The molecule has 0 spiro atoms. The first-order chi connectivity index (χ1) is 11.3. The average Bonchev–Trinajstić information content (AvgIpc) is 2.58. The number of ether oxygens (including phenoxy) is 1. The molecule has 4 heteroatoms. The van der Waals surface area contributed by atoms with Gasteiger partial charge >= 0.3 is 5.97 Å². The topological polar surface area (TPSA) is 55.8 Å². The fourth-order valence-corrected chi connectivity index (χ4v) is 2.57. The van der Waals surface area contributed by atoms with Crippen molar-refractivity contribution in [3.63, 3.8) is 0 Å². The normalized spacial score (nSPS) is 12.7. The lowest BCUT2D eigenvalue weighted by Gasteiger charge is -2.10. The van der Waals surface area contributed by atoms with Crippen LogP contribution < -0.4 is 0 Å². The number of methoxy groups -OCH3 is 1. The predicted octanol–water partition coefficient (Wildman–Crippen LogP) is 5.67. The van der Waals surface area contributed by atoms with Crippen LogP contribution in [0.1, 0.15) is 90.4 Å². The summed E-state index contributed by atoms with van der Waals surface area (Å²) in [5, 5.41) is 8.62. The van der Waals surface area contributed by atoms with Crippen LogP contribution in [-0.2, 0) is 14.4 Å². The van der Waals surface area contributed by atoms with Crippen LogP contribution in [0.4, 0.5) is 0 Å². The van der Waals surface area contributed by atoms with E-state index in [1.807, 2.05) is 0 Å². The molecule has 0 rings (SSSR count). The van der Waals surface area contributed by atoms with E-state index in [0.717, 1.165) is 25.7 Å². The number of rotatable bonds is 16. The van der Waals surface area contributed by atoms with Gasteiger partial charge in [-0.25, -0.2) is 9.68 Å². The van der Waals surface area contributed by atoms with Crippen molar-refractivity contribution in [2.75, 3.05) is 7.11 Å². The standard InChI is InChI=1S/C19H36O4/c1-3-4-5-6-7-8-9-10-11-12-13-14-15-16-17-18(23-21)19(20)22-2/h10-11,18,21H,3-9,12-17H2,1-2H3/b11-10-. The molecule has 0 radical (unpaired) electrons. The summed E-state index contributed by atoms with van der Waals surface area (Å²) in [6.07, 6.45) is 19.0. The molecule has 136 valence electrons. The fourth-order valence-electron chi connectivity index (χ4n) is 2.57. The van der Waals surface area contributed by atoms with Gasteiger partial charge < -0.3 is 4.74 Å². The van der Waals surface area contributed by atoms with Crippen molar-refractivity contribution < 1.29 is 19.7 Å². The van der Waals surface area contributed by atoms with Gasteiger partial charge in [-0.15, -0.1) is 0 Å². The van der Waals surface area contributed by atoms with E-state index in [9.17, 15) is 4.79 Å². The van der Waals surface area contributed by atoms with E-state index in [1.54, 1.807) is 0 Å². The van der Waals surface area contributed by atoms with Crippen molar-refractivity contribution in [2.45, 2.75) is 96.5 Å². The summed E-state index contributed by atoms with van der Waals surface area (Å²) in [5.74, 6) is -0.509. The van der Waals surface area contributed by atoms with Crippen LogP contribution in [-0.4, -0.2) is 24.4 Å². The second kappa shape index (κ2) is 17.5.